The largest absolute Gasteiger partial charge is 0.369 e. The number of nitrogens with zero attached hydrogens (tertiary/aromatic N) is 3. The maximum atomic E-state index is 4.48. The predicted molar refractivity (Wildman–Crippen MR) is 68.3 cm³/mol. The van der Waals surface area contributed by atoms with E-state index in [-0.39, 0.29) is 0 Å². The van der Waals surface area contributed by atoms with E-state index in [9.17, 15) is 0 Å². The van der Waals surface area contributed by atoms with Crippen LogP contribution >= 0.6 is 0 Å². The molecule has 0 aliphatic carbocycles. The van der Waals surface area contributed by atoms with Gasteiger partial charge in [0.1, 0.15) is 0 Å². The Balaban J connectivity index is 2.59. The molecule has 3 heteroatoms. The Morgan fingerprint density at radius 2 is 2.00 bits per heavy atom. The predicted octanol–water partition coefficient (Wildman–Crippen LogP) is 2.76. The quantitative estimate of drug-likeness (QED) is 0.567. The van der Waals surface area contributed by atoms with Gasteiger partial charge in [-0.05, 0) is 19.1 Å². The number of pyridine rings is 1. The van der Waals surface area contributed by atoms with Crippen molar-refractivity contribution in [2.24, 2.45) is 4.99 Å². The number of benzene rings is 1. The summed E-state index contributed by atoms with van der Waals surface area (Å²) in [5.41, 5.74) is 2.95. The van der Waals surface area contributed by atoms with Crippen LogP contribution < -0.4 is 0 Å². The van der Waals surface area contributed by atoms with Crippen molar-refractivity contribution in [2.45, 2.75) is 6.92 Å². The van der Waals surface area contributed by atoms with Gasteiger partial charge >= 0.3 is 0 Å². The van der Waals surface area contributed by atoms with Gasteiger partial charge in [-0.2, -0.15) is 0 Å². The van der Waals surface area contributed by atoms with Gasteiger partial charge in [-0.1, -0.05) is 18.2 Å². The summed E-state index contributed by atoms with van der Waals surface area (Å²) in [6, 6.07) is 10.1. The smallest absolute Gasteiger partial charge is 0.0907 e. The molecule has 0 atom stereocenters. The van der Waals surface area contributed by atoms with Gasteiger partial charge in [0.05, 0.1) is 17.5 Å². The third-order valence-electron chi connectivity index (χ3n) is 2.25. The Hall–Kier alpha value is -1.90. The molecule has 0 unspecified atom stereocenters. The number of aliphatic imine (C=N–C) groups is 1. The molecule has 0 N–H and O–H groups in total. The van der Waals surface area contributed by atoms with Crippen molar-refractivity contribution in [3.63, 3.8) is 0 Å². The van der Waals surface area contributed by atoms with Crippen molar-refractivity contribution in [1.29, 1.82) is 0 Å². The third kappa shape index (κ3) is 2.19. The highest BCUT2D eigenvalue weighted by Crippen LogP contribution is 2.25. The van der Waals surface area contributed by atoms with Crippen LogP contribution in [0.15, 0.2) is 35.3 Å². The van der Waals surface area contributed by atoms with Crippen LogP contribution in [0, 0.1) is 6.92 Å². The summed E-state index contributed by atoms with van der Waals surface area (Å²) in [5.74, 6) is 0. The standard InChI is InChI=1S/C13H15N3/c1-10-8-13(14-9-16(2)3)11-6-4-5-7-12(11)15-10/h4-9H,1-3H3. The number of hydrogen-bond donors (Lipinski definition) is 0. The van der Waals surface area contributed by atoms with Gasteiger partial charge in [-0.15, -0.1) is 0 Å². The Morgan fingerprint density at radius 3 is 2.75 bits per heavy atom. The topological polar surface area (TPSA) is 28.5 Å². The third-order valence-corrected chi connectivity index (χ3v) is 2.25. The molecule has 0 aliphatic rings. The summed E-state index contributed by atoms with van der Waals surface area (Å²) >= 11 is 0. The van der Waals surface area contributed by atoms with Crippen molar-refractivity contribution in [1.82, 2.24) is 9.88 Å². The van der Waals surface area contributed by atoms with Crippen molar-refractivity contribution >= 4 is 22.9 Å². The Kier molecular flexibility index (Phi) is 2.86. The van der Waals surface area contributed by atoms with E-state index in [4.69, 9.17) is 0 Å². The zero-order valence-corrected chi connectivity index (χ0v) is 9.81. The molecule has 0 saturated heterocycles. The van der Waals surface area contributed by atoms with Crippen molar-refractivity contribution < 1.29 is 0 Å². The minimum Gasteiger partial charge on any atom is -0.369 e. The van der Waals surface area contributed by atoms with Crippen LogP contribution in [0.1, 0.15) is 5.69 Å². The second-order valence-corrected chi connectivity index (χ2v) is 4.01. The van der Waals surface area contributed by atoms with Gasteiger partial charge in [-0.25, -0.2) is 4.99 Å². The van der Waals surface area contributed by atoms with E-state index in [1.165, 1.54) is 0 Å². The second-order valence-electron chi connectivity index (χ2n) is 4.01. The van der Waals surface area contributed by atoms with Crippen LogP contribution in [0.4, 0.5) is 5.69 Å². The first-order valence-electron chi connectivity index (χ1n) is 5.24. The lowest BCUT2D eigenvalue weighted by Gasteiger charge is -2.05. The molecule has 3 nitrogen and oxygen atoms in total. The minimum absolute atomic E-state index is 0.969. The van der Waals surface area contributed by atoms with Crippen LogP contribution in [-0.4, -0.2) is 30.3 Å². The van der Waals surface area contributed by atoms with Gasteiger partial charge < -0.3 is 4.90 Å². The number of aromatic nitrogens is 1. The summed E-state index contributed by atoms with van der Waals surface area (Å²) in [7, 11) is 3.92. The fourth-order valence-corrected chi connectivity index (χ4v) is 1.57. The first kappa shape index (κ1) is 10.6. The lowest BCUT2D eigenvalue weighted by atomic mass is 10.1. The molecule has 2 rings (SSSR count). The molecule has 1 aromatic heterocycles. The summed E-state index contributed by atoms with van der Waals surface area (Å²) in [6.07, 6.45) is 1.81. The molecular weight excluding hydrogens is 198 g/mol. The summed E-state index contributed by atoms with van der Waals surface area (Å²) in [4.78, 5) is 10.9. The highest BCUT2D eigenvalue weighted by Gasteiger charge is 2.01. The molecule has 82 valence electrons. The van der Waals surface area contributed by atoms with Crippen LogP contribution in [0.2, 0.25) is 0 Å². The fraction of sp³-hybridized carbons (Fsp3) is 0.231. The summed E-state index contributed by atoms with van der Waals surface area (Å²) in [6.45, 7) is 1.99. The molecule has 2 aromatic rings. The summed E-state index contributed by atoms with van der Waals surface area (Å²) in [5, 5.41) is 1.09. The van der Waals surface area contributed by atoms with E-state index in [0.29, 0.717) is 0 Å². The molecule has 16 heavy (non-hydrogen) atoms. The molecule has 0 aliphatic heterocycles. The molecule has 0 saturated carbocycles. The molecule has 0 fully saturated rings. The van der Waals surface area contributed by atoms with Gasteiger partial charge in [0, 0.05) is 25.2 Å². The van der Waals surface area contributed by atoms with E-state index in [1.54, 1.807) is 6.34 Å². The summed E-state index contributed by atoms with van der Waals surface area (Å²) < 4.78 is 0. The first-order valence-corrected chi connectivity index (χ1v) is 5.24. The second kappa shape index (κ2) is 4.31. The molecule has 0 radical (unpaired) electrons. The van der Waals surface area contributed by atoms with E-state index in [2.05, 4.69) is 9.98 Å². The van der Waals surface area contributed by atoms with Gasteiger partial charge in [0.2, 0.25) is 0 Å². The molecule has 0 bridgehead atoms. The van der Waals surface area contributed by atoms with Crippen molar-refractivity contribution in [3.05, 3.63) is 36.0 Å². The number of aryl methyl sites for hydroxylation is 1. The van der Waals surface area contributed by atoms with E-state index < -0.39 is 0 Å². The Bertz CT molecular complexity index is 530. The molecule has 1 heterocycles. The average molecular weight is 213 g/mol. The van der Waals surface area contributed by atoms with E-state index >= 15 is 0 Å². The molecule has 0 amide bonds. The van der Waals surface area contributed by atoms with Crippen LogP contribution in [0.5, 0.6) is 0 Å². The lowest BCUT2D eigenvalue weighted by Crippen LogP contribution is -2.07. The van der Waals surface area contributed by atoms with Crippen LogP contribution in [-0.2, 0) is 0 Å². The maximum Gasteiger partial charge on any atom is 0.0907 e. The van der Waals surface area contributed by atoms with Gasteiger partial charge in [-0.3, -0.25) is 4.98 Å². The molecule has 1 aromatic carbocycles. The Morgan fingerprint density at radius 1 is 1.25 bits per heavy atom. The van der Waals surface area contributed by atoms with Gasteiger partial charge in [0.15, 0.2) is 0 Å². The number of fused-ring (bicyclic) bond motifs is 1. The van der Waals surface area contributed by atoms with Gasteiger partial charge in [0.25, 0.3) is 0 Å². The molecule has 0 spiro atoms. The zero-order chi connectivity index (χ0) is 11.5. The average Bonchev–Trinajstić information content (AvgIpc) is 2.25. The number of rotatable bonds is 2. The maximum absolute atomic E-state index is 4.48. The minimum atomic E-state index is 0.969. The first-order chi connectivity index (χ1) is 7.66. The van der Waals surface area contributed by atoms with Crippen LogP contribution in [0.25, 0.3) is 10.9 Å². The SMILES string of the molecule is Cc1cc(N=CN(C)C)c2ccccc2n1. The number of hydrogen-bond acceptors (Lipinski definition) is 2. The highest BCUT2D eigenvalue weighted by molar-refractivity contribution is 5.91. The lowest BCUT2D eigenvalue weighted by molar-refractivity contribution is 0.643. The molecular formula is C13H15N3. The number of para-hydroxylation sites is 1. The highest BCUT2D eigenvalue weighted by atomic mass is 15.1. The van der Waals surface area contributed by atoms with Crippen molar-refractivity contribution in [2.75, 3.05) is 14.1 Å². The fourth-order valence-electron chi connectivity index (χ4n) is 1.57. The zero-order valence-electron chi connectivity index (χ0n) is 9.81. The van der Waals surface area contributed by atoms with Crippen LogP contribution in [0.3, 0.4) is 0 Å². The normalized spacial score (nSPS) is 11.2. The van der Waals surface area contributed by atoms with E-state index in [1.807, 2.05) is 56.3 Å². The van der Waals surface area contributed by atoms with E-state index in [0.717, 1.165) is 22.3 Å². The van der Waals surface area contributed by atoms with Crippen molar-refractivity contribution in [3.8, 4) is 0 Å². The Labute approximate surface area is 95.4 Å². The monoisotopic (exact) mass is 213 g/mol.